The fraction of sp³-hybridized carbons (Fsp3) is 0.273. The minimum absolute atomic E-state index is 0.0913. The fourth-order valence-corrected chi connectivity index (χ4v) is 2.23. The van der Waals surface area contributed by atoms with Crippen molar-refractivity contribution in [3.8, 4) is 10.4 Å². The maximum Gasteiger partial charge on any atom is 0.0801 e. The van der Waals surface area contributed by atoms with E-state index in [2.05, 4.69) is 9.97 Å². The summed E-state index contributed by atoms with van der Waals surface area (Å²) in [6.45, 7) is 1.88. The number of aryl methyl sites for hydroxylation is 1. The van der Waals surface area contributed by atoms with Crippen molar-refractivity contribution in [2.75, 3.05) is 6.61 Å². The van der Waals surface area contributed by atoms with Crippen LogP contribution in [0.4, 0.5) is 0 Å². The van der Waals surface area contributed by atoms with Crippen LogP contribution in [-0.4, -0.2) is 21.7 Å². The van der Waals surface area contributed by atoms with Crippen LogP contribution >= 0.6 is 11.3 Å². The number of pyridine rings is 1. The molecule has 0 amide bonds. The number of thiazole rings is 1. The molecule has 0 aromatic carbocycles. The third-order valence-electron chi connectivity index (χ3n) is 2.37. The van der Waals surface area contributed by atoms with Gasteiger partial charge in [0.2, 0.25) is 0 Å². The number of aromatic nitrogens is 2. The minimum Gasteiger partial charge on any atom is -0.394 e. The lowest BCUT2D eigenvalue weighted by molar-refractivity contribution is 0.266. The third-order valence-corrected chi connectivity index (χ3v) is 3.35. The Labute approximate surface area is 97.8 Å². The predicted octanol–water partition coefficient (Wildman–Crippen LogP) is 1.51. The Kier molecular flexibility index (Phi) is 3.28. The number of nitrogens with zero attached hydrogens (tertiary/aromatic N) is 2. The zero-order chi connectivity index (χ0) is 11.5. The van der Waals surface area contributed by atoms with Crippen molar-refractivity contribution in [3.05, 3.63) is 35.2 Å². The summed E-state index contributed by atoms with van der Waals surface area (Å²) in [5, 5.41) is 8.91. The molecule has 0 fully saturated rings. The minimum atomic E-state index is -0.406. The molecule has 0 spiro atoms. The molecular weight excluding hydrogens is 222 g/mol. The molecule has 0 bridgehead atoms. The number of aliphatic hydroxyl groups is 1. The van der Waals surface area contributed by atoms with E-state index >= 15 is 0 Å². The summed E-state index contributed by atoms with van der Waals surface area (Å²) >= 11 is 1.59. The molecule has 2 rings (SSSR count). The van der Waals surface area contributed by atoms with Gasteiger partial charge in [-0.3, -0.25) is 4.98 Å². The normalized spacial score (nSPS) is 12.7. The topological polar surface area (TPSA) is 72.0 Å². The van der Waals surface area contributed by atoms with Crippen LogP contribution in [0.2, 0.25) is 0 Å². The van der Waals surface area contributed by atoms with Gasteiger partial charge in [0, 0.05) is 11.8 Å². The van der Waals surface area contributed by atoms with Gasteiger partial charge in [0.15, 0.2) is 0 Å². The largest absolute Gasteiger partial charge is 0.394 e. The molecule has 2 aromatic rings. The van der Waals surface area contributed by atoms with Gasteiger partial charge in [-0.15, -0.1) is 11.3 Å². The first-order valence-electron chi connectivity index (χ1n) is 4.95. The number of aliphatic hydroxyl groups excluding tert-OH is 1. The second-order valence-corrected chi connectivity index (χ2v) is 4.38. The van der Waals surface area contributed by atoms with Gasteiger partial charge in [-0.25, -0.2) is 4.98 Å². The average molecular weight is 235 g/mol. The maximum absolute atomic E-state index is 8.91. The van der Waals surface area contributed by atoms with Crippen LogP contribution in [0.25, 0.3) is 10.4 Å². The van der Waals surface area contributed by atoms with Gasteiger partial charge in [-0.05, 0) is 13.0 Å². The molecule has 1 atom stereocenters. The molecule has 84 valence electrons. The Morgan fingerprint density at radius 3 is 2.75 bits per heavy atom. The van der Waals surface area contributed by atoms with Crippen LogP contribution in [0, 0.1) is 6.92 Å². The standard InChI is InChI=1S/C11H13N3OS/c1-7-11(16-6-14-7)8-2-3-10(13-4-8)9(12)5-15/h2-4,6,9,15H,5,12H2,1H3/t9-/m0/s1. The molecule has 0 saturated carbocycles. The van der Waals surface area contributed by atoms with Gasteiger partial charge in [0.1, 0.15) is 0 Å². The van der Waals surface area contributed by atoms with Crippen LogP contribution in [-0.2, 0) is 0 Å². The Bertz CT molecular complexity index is 466. The smallest absolute Gasteiger partial charge is 0.0801 e. The van der Waals surface area contributed by atoms with E-state index < -0.39 is 6.04 Å². The van der Waals surface area contributed by atoms with E-state index in [1.807, 2.05) is 24.6 Å². The molecule has 2 aromatic heterocycles. The molecule has 4 nitrogen and oxygen atoms in total. The lowest BCUT2D eigenvalue weighted by atomic mass is 10.1. The number of hydrogen-bond acceptors (Lipinski definition) is 5. The summed E-state index contributed by atoms with van der Waals surface area (Å²) in [5.74, 6) is 0. The van der Waals surface area contributed by atoms with Crippen LogP contribution in [0.3, 0.4) is 0 Å². The number of rotatable bonds is 3. The zero-order valence-corrected chi connectivity index (χ0v) is 9.74. The highest BCUT2D eigenvalue weighted by Crippen LogP contribution is 2.26. The second kappa shape index (κ2) is 4.69. The first kappa shape index (κ1) is 11.2. The first-order chi connectivity index (χ1) is 7.72. The van der Waals surface area contributed by atoms with Gasteiger partial charge in [0.05, 0.1) is 34.4 Å². The Morgan fingerprint density at radius 1 is 1.44 bits per heavy atom. The third kappa shape index (κ3) is 2.11. The highest BCUT2D eigenvalue weighted by atomic mass is 32.1. The van der Waals surface area contributed by atoms with Crippen LogP contribution in [0.15, 0.2) is 23.8 Å². The molecule has 16 heavy (non-hydrogen) atoms. The maximum atomic E-state index is 8.91. The quantitative estimate of drug-likeness (QED) is 0.845. The molecule has 3 N–H and O–H groups in total. The first-order valence-corrected chi connectivity index (χ1v) is 5.83. The molecule has 2 heterocycles. The van der Waals surface area contributed by atoms with Crippen LogP contribution < -0.4 is 5.73 Å². The molecular formula is C11H13N3OS. The molecule has 0 aliphatic rings. The average Bonchev–Trinajstić information content (AvgIpc) is 2.75. The molecule has 0 aliphatic carbocycles. The summed E-state index contributed by atoms with van der Waals surface area (Å²) in [5.41, 5.74) is 10.2. The number of hydrogen-bond donors (Lipinski definition) is 2. The highest BCUT2D eigenvalue weighted by Gasteiger charge is 2.08. The van der Waals surface area contributed by atoms with Gasteiger partial charge >= 0.3 is 0 Å². The molecule has 0 unspecified atom stereocenters. The van der Waals surface area contributed by atoms with Crippen molar-refractivity contribution in [2.45, 2.75) is 13.0 Å². The van der Waals surface area contributed by atoms with Crippen LogP contribution in [0.5, 0.6) is 0 Å². The van der Waals surface area contributed by atoms with E-state index in [1.54, 1.807) is 17.5 Å². The monoisotopic (exact) mass is 235 g/mol. The highest BCUT2D eigenvalue weighted by molar-refractivity contribution is 7.13. The molecule has 0 saturated heterocycles. The van der Waals surface area contributed by atoms with Crippen molar-refractivity contribution < 1.29 is 5.11 Å². The van der Waals surface area contributed by atoms with Gasteiger partial charge in [-0.1, -0.05) is 6.07 Å². The summed E-state index contributed by atoms with van der Waals surface area (Å²) < 4.78 is 0. The lowest BCUT2D eigenvalue weighted by Gasteiger charge is -2.07. The SMILES string of the molecule is Cc1ncsc1-c1ccc([C@@H](N)CO)nc1. The van der Waals surface area contributed by atoms with Crippen molar-refractivity contribution >= 4 is 11.3 Å². The van der Waals surface area contributed by atoms with Crippen molar-refractivity contribution in [3.63, 3.8) is 0 Å². The Morgan fingerprint density at radius 2 is 2.25 bits per heavy atom. The zero-order valence-electron chi connectivity index (χ0n) is 8.92. The summed E-state index contributed by atoms with van der Waals surface area (Å²) in [4.78, 5) is 9.56. The number of nitrogens with two attached hydrogens (primary N) is 1. The summed E-state index contributed by atoms with van der Waals surface area (Å²) in [7, 11) is 0. The Balaban J connectivity index is 2.30. The van der Waals surface area contributed by atoms with Gasteiger partial charge < -0.3 is 10.8 Å². The molecule has 0 radical (unpaired) electrons. The van der Waals surface area contributed by atoms with E-state index in [0.717, 1.165) is 16.1 Å². The predicted molar refractivity (Wildman–Crippen MR) is 64.1 cm³/mol. The lowest BCUT2D eigenvalue weighted by Crippen LogP contribution is -2.15. The van der Waals surface area contributed by atoms with Crippen molar-refractivity contribution in [1.82, 2.24) is 9.97 Å². The molecule has 5 heteroatoms. The Hall–Kier alpha value is -1.30. The van der Waals surface area contributed by atoms with E-state index in [0.29, 0.717) is 5.69 Å². The van der Waals surface area contributed by atoms with E-state index in [9.17, 15) is 0 Å². The van der Waals surface area contributed by atoms with E-state index in [-0.39, 0.29) is 6.61 Å². The van der Waals surface area contributed by atoms with E-state index in [4.69, 9.17) is 10.8 Å². The van der Waals surface area contributed by atoms with Gasteiger partial charge in [0.25, 0.3) is 0 Å². The van der Waals surface area contributed by atoms with Crippen molar-refractivity contribution in [1.29, 1.82) is 0 Å². The van der Waals surface area contributed by atoms with Crippen molar-refractivity contribution in [2.24, 2.45) is 5.73 Å². The van der Waals surface area contributed by atoms with E-state index in [1.165, 1.54) is 0 Å². The van der Waals surface area contributed by atoms with Crippen LogP contribution in [0.1, 0.15) is 17.4 Å². The second-order valence-electron chi connectivity index (χ2n) is 3.53. The molecule has 0 aliphatic heterocycles. The van der Waals surface area contributed by atoms with Gasteiger partial charge in [-0.2, -0.15) is 0 Å². The summed E-state index contributed by atoms with van der Waals surface area (Å²) in [6, 6.07) is 3.39. The summed E-state index contributed by atoms with van der Waals surface area (Å²) in [6.07, 6.45) is 1.77. The fourth-order valence-electron chi connectivity index (χ4n) is 1.43.